The summed E-state index contributed by atoms with van der Waals surface area (Å²) in [5.74, 6) is 0.795. The Kier molecular flexibility index (Phi) is 6.38. The van der Waals surface area contributed by atoms with Gasteiger partial charge >= 0.3 is 0 Å². The van der Waals surface area contributed by atoms with Crippen LogP contribution in [0.15, 0.2) is 47.5 Å². The third-order valence-electron chi connectivity index (χ3n) is 7.59. The maximum absolute atomic E-state index is 13.6. The number of rotatable bonds is 3. The van der Waals surface area contributed by atoms with E-state index in [4.69, 9.17) is 15.2 Å². The highest BCUT2D eigenvalue weighted by Gasteiger charge is 2.46. The molecule has 2 aromatic rings. The van der Waals surface area contributed by atoms with Gasteiger partial charge < -0.3 is 25.6 Å². The SMILES string of the molecule is CC1CC(=O)N(C2c3cc(C(=O)NC4CC(C)(C)Oc5ccccc54)ccc3OCC(C)(C)C2O)C(N)=N1. The van der Waals surface area contributed by atoms with Gasteiger partial charge in [0, 0.05) is 34.9 Å². The molecule has 0 saturated heterocycles. The summed E-state index contributed by atoms with van der Waals surface area (Å²) in [5, 5.41) is 14.7. The van der Waals surface area contributed by atoms with Crippen LogP contribution in [0.3, 0.4) is 0 Å². The zero-order chi connectivity index (χ0) is 27.4. The van der Waals surface area contributed by atoms with Crippen molar-refractivity contribution in [3.63, 3.8) is 0 Å². The van der Waals surface area contributed by atoms with Crippen LogP contribution >= 0.6 is 0 Å². The maximum Gasteiger partial charge on any atom is 0.251 e. The first-order valence-electron chi connectivity index (χ1n) is 13.1. The molecule has 4 atom stereocenters. The number of aliphatic imine (C=N–C) groups is 1. The second-order valence-electron chi connectivity index (χ2n) is 11.9. The summed E-state index contributed by atoms with van der Waals surface area (Å²) in [6.45, 7) is 9.80. The Morgan fingerprint density at radius 3 is 2.61 bits per heavy atom. The number of aliphatic hydroxyl groups is 1. The Hall–Kier alpha value is -3.59. The van der Waals surface area contributed by atoms with E-state index in [1.807, 2.05) is 58.9 Å². The molecule has 3 heterocycles. The van der Waals surface area contributed by atoms with Crippen LogP contribution < -0.4 is 20.5 Å². The van der Waals surface area contributed by atoms with Crippen LogP contribution in [0.1, 0.15) is 81.0 Å². The number of nitrogens with two attached hydrogens (primary N) is 1. The minimum atomic E-state index is -1.02. The first-order chi connectivity index (χ1) is 17.9. The summed E-state index contributed by atoms with van der Waals surface area (Å²) >= 11 is 0. The van der Waals surface area contributed by atoms with Crippen molar-refractivity contribution < 1.29 is 24.2 Å². The molecule has 2 amide bonds. The average Bonchev–Trinajstić information content (AvgIpc) is 2.92. The number of aliphatic hydroxyl groups excluding tert-OH is 1. The van der Waals surface area contributed by atoms with Crippen molar-refractivity contribution in [3.8, 4) is 11.5 Å². The van der Waals surface area contributed by atoms with Crippen molar-refractivity contribution in [2.45, 2.75) is 77.3 Å². The molecule has 4 N–H and O–H groups in total. The normalized spacial score (nSPS) is 27.6. The van der Waals surface area contributed by atoms with Gasteiger partial charge in [-0.25, -0.2) is 4.99 Å². The smallest absolute Gasteiger partial charge is 0.251 e. The lowest BCUT2D eigenvalue weighted by Gasteiger charge is -2.40. The number of benzene rings is 2. The molecule has 0 fully saturated rings. The van der Waals surface area contributed by atoms with Crippen molar-refractivity contribution in [2.75, 3.05) is 6.61 Å². The van der Waals surface area contributed by atoms with Gasteiger partial charge in [-0.3, -0.25) is 14.5 Å². The molecule has 4 unspecified atom stereocenters. The third kappa shape index (κ3) is 4.71. The van der Waals surface area contributed by atoms with Gasteiger partial charge in [0.05, 0.1) is 30.8 Å². The van der Waals surface area contributed by atoms with Gasteiger partial charge in [-0.05, 0) is 45.0 Å². The molecular formula is C29H36N4O5. The predicted molar refractivity (Wildman–Crippen MR) is 143 cm³/mol. The molecule has 0 saturated carbocycles. The summed E-state index contributed by atoms with van der Waals surface area (Å²) in [6.07, 6.45) is -0.233. The van der Waals surface area contributed by atoms with E-state index in [2.05, 4.69) is 10.3 Å². The summed E-state index contributed by atoms with van der Waals surface area (Å²) in [5.41, 5.74) is 6.93. The number of guanidine groups is 1. The Morgan fingerprint density at radius 1 is 1.13 bits per heavy atom. The van der Waals surface area contributed by atoms with Crippen LogP contribution in [0.2, 0.25) is 0 Å². The third-order valence-corrected chi connectivity index (χ3v) is 7.59. The van der Waals surface area contributed by atoms with Gasteiger partial charge in [-0.15, -0.1) is 0 Å². The van der Waals surface area contributed by atoms with E-state index in [0.717, 1.165) is 11.3 Å². The number of hydrogen-bond donors (Lipinski definition) is 3. The number of carbonyl (C=O) groups excluding carboxylic acids is 2. The van der Waals surface area contributed by atoms with Gasteiger partial charge in [0.2, 0.25) is 5.91 Å². The minimum Gasteiger partial charge on any atom is -0.493 e. The molecule has 202 valence electrons. The molecule has 2 aromatic carbocycles. The highest BCUT2D eigenvalue weighted by molar-refractivity contribution is 5.99. The number of hydrogen-bond acceptors (Lipinski definition) is 7. The molecule has 9 nitrogen and oxygen atoms in total. The monoisotopic (exact) mass is 520 g/mol. The average molecular weight is 521 g/mol. The van der Waals surface area contributed by atoms with Crippen molar-refractivity contribution >= 4 is 17.8 Å². The first kappa shape index (κ1) is 26.0. The van der Waals surface area contributed by atoms with Crippen LogP contribution in [-0.4, -0.2) is 52.1 Å². The lowest BCUT2D eigenvalue weighted by atomic mass is 9.80. The number of carbonyl (C=O) groups is 2. The molecule has 0 radical (unpaired) electrons. The molecule has 3 aliphatic heterocycles. The van der Waals surface area contributed by atoms with Crippen LogP contribution in [0.25, 0.3) is 0 Å². The van der Waals surface area contributed by atoms with Crippen LogP contribution in [0.5, 0.6) is 11.5 Å². The molecule has 0 bridgehead atoms. The zero-order valence-electron chi connectivity index (χ0n) is 22.5. The van der Waals surface area contributed by atoms with E-state index in [1.165, 1.54) is 4.90 Å². The number of para-hydroxylation sites is 1. The Morgan fingerprint density at radius 2 is 1.87 bits per heavy atom. The van der Waals surface area contributed by atoms with E-state index in [9.17, 15) is 14.7 Å². The first-order valence-corrected chi connectivity index (χ1v) is 13.1. The zero-order valence-corrected chi connectivity index (χ0v) is 22.5. The summed E-state index contributed by atoms with van der Waals surface area (Å²) < 4.78 is 12.2. The molecule has 9 heteroatoms. The topological polar surface area (TPSA) is 126 Å². The fraction of sp³-hybridized carbons (Fsp3) is 0.483. The molecule has 5 rings (SSSR count). The van der Waals surface area contributed by atoms with E-state index in [1.54, 1.807) is 18.2 Å². The van der Waals surface area contributed by atoms with E-state index < -0.39 is 23.2 Å². The minimum absolute atomic E-state index is 0.0531. The van der Waals surface area contributed by atoms with Gasteiger partial charge in [-0.1, -0.05) is 32.0 Å². The van der Waals surface area contributed by atoms with E-state index >= 15 is 0 Å². The van der Waals surface area contributed by atoms with Gasteiger partial charge in [0.15, 0.2) is 5.96 Å². The van der Waals surface area contributed by atoms with Crippen LogP contribution in [0.4, 0.5) is 0 Å². The van der Waals surface area contributed by atoms with E-state index in [0.29, 0.717) is 23.3 Å². The maximum atomic E-state index is 13.6. The fourth-order valence-corrected chi connectivity index (χ4v) is 5.56. The predicted octanol–water partition coefficient (Wildman–Crippen LogP) is 3.47. The summed E-state index contributed by atoms with van der Waals surface area (Å²) in [6, 6.07) is 11.5. The fourth-order valence-electron chi connectivity index (χ4n) is 5.56. The van der Waals surface area contributed by atoms with Crippen molar-refractivity contribution in [2.24, 2.45) is 16.1 Å². The highest BCUT2D eigenvalue weighted by Crippen LogP contribution is 2.44. The molecule has 38 heavy (non-hydrogen) atoms. The van der Waals surface area contributed by atoms with Gasteiger partial charge in [0.1, 0.15) is 17.1 Å². The summed E-state index contributed by atoms with van der Waals surface area (Å²) in [4.78, 5) is 32.5. The van der Waals surface area contributed by atoms with Crippen LogP contribution in [-0.2, 0) is 4.79 Å². The number of nitrogens with zero attached hydrogens (tertiary/aromatic N) is 2. The van der Waals surface area contributed by atoms with Gasteiger partial charge in [0.25, 0.3) is 5.91 Å². The molecule has 0 aromatic heterocycles. The lowest BCUT2D eigenvalue weighted by Crippen LogP contribution is -2.54. The van der Waals surface area contributed by atoms with Crippen molar-refractivity contribution in [1.82, 2.24) is 10.2 Å². The summed E-state index contributed by atoms with van der Waals surface area (Å²) in [7, 11) is 0. The largest absolute Gasteiger partial charge is 0.493 e. The molecule has 3 aliphatic rings. The quantitative estimate of drug-likeness (QED) is 0.569. The Bertz CT molecular complexity index is 1300. The number of fused-ring (bicyclic) bond motifs is 2. The number of nitrogens with one attached hydrogen (secondary N) is 1. The van der Waals surface area contributed by atoms with Crippen LogP contribution in [0, 0.1) is 5.41 Å². The molecule has 0 aliphatic carbocycles. The molecular weight excluding hydrogens is 484 g/mol. The lowest BCUT2D eigenvalue weighted by molar-refractivity contribution is -0.134. The van der Waals surface area contributed by atoms with Crippen molar-refractivity contribution in [1.29, 1.82) is 0 Å². The number of amides is 2. The Labute approximate surface area is 223 Å². The second kappa shape index (κ2) is 9.31. The van der Waals surface area contributed by atoms with Crippen molar-refractivity contribution in [3.05, 3.63) is 59.2 Å². The standard InChI is InChI=1S/C29H36N4O5/c1-16-12-23(34)33(27(30)31-16)24-19-13-17(10-11-21(19)37-15-28(2,3)25(24)35)26(36)32-20-14-29(4,5)38-22-9-7-6-8-18(20)22/h6-11,13,16,20,24-25,35H,12,14-15H2,1-5H3,(H2,30,31)(H,32,36). The van der Waals surface area contributed by atoms with Gasteiger partial charge in [-0.2, -0.15) is 0 Å². The molecule has 0 spiro atoms. The highest BCUT2D eigenvalue weighted by atomic mass is 16.5. The Balaban J connectivity index is 1.52. The second-order valence-corrected chi connectivity index (χ2v) is 11.9. The van der Waals surface area contributed by atoms with E-state index in [-0.39, 0.29) is 42.9 Å². The number of ether oxygens (including phenoxy) is 2.